The van der Waals surface area contributed by atoms with Gasteiger partial charge in [-0.1, -0.05) is 37.5 Å². The van der Waals surface area contributed by atoms with Gasteiger partial charge in [-0.25, -0.2) is 0 Å². The molecule has 2 aromatic rings. The highest BCUT2D eigenvalue weighted by atomic mass is 35.5. The van der Waals surface area contributed by atoms with Crippen molar-refractivity contribution in [2.75, 3.05) is 5.73 Å². The van der Waals surface area contributed by atoms with Gasteiger partial charge in [0.15, 0.2) is 12.4 Å². The van der Waals surface area contributed by atoms with Crippen molar-refractivity contribution in [1.82, 2.24) is 10.1 Å². The summed E-state index contributed by atoms with van der Waals surface area (Å²) in [5.41, 5.74) is 6.04. The second-order valence-corrected chi connectivity index (χ2v) is 5.65. The van der Waals surface area contributed by atoms with Gasteiger partial charge in [-0.05, 0) is 18.2 Å². The van der Waals surface area contributed by atoms with E-state index in [1.54, 1.807) is 18.2 Å². The monoisotopic (exact) mass is 281 g/mol. The lowest BCUT2D eigenvalue weighted by Gasteiger charge is -2.10. The number of anilines is 1. The van der Waals surface area contributed by atoms with E-state index in [0.29, 0.717) is 28.2 Å². The van der Waals surface area contributed by atoms with Crippen molar-refractivity contribution in [3.63, 3.8) is 0 Å². The molecule has 19 heavy (non-hydrogen) atoms. The summed E-state index contributed by atoms with van der Waals surface area (Å²) < 4.78 is 10.6. The van der Waals surface area contributed by atoms with E-state index in [0.717, 1.165) is 0 Å². The van der Waals surface area contributed by atoms with E-state index in [9.17, 15) is 0 Å². The molecular weight excluding hydrogens is 266 g/mol. The van der Waals surface area contributed by atoms with Crippen LogP contribution in [0.1, 0.15) is 32.5 Å². The SMILES string of the molecule is CC(C)(C)c1noc(COc2ccc(N)cc2Cl)n1. The van der Waals surface area contributed by atoms with Gasteiger partial charge in [0.1, 0.15) is 5.75 Å². The van der Waals surface area contributed by atoms with Crippen molar-refractivity contribution < 1.29 is 9.26 Å². The first-order valence-corrected chi connectivity index (χ1v) is 6.25. The second-order valence-electron chi connectivity index (χ2n) is 5.24. The number of nitrogen functional groups attached to an aromatic ring is 1. The molecule has 2 rings (SSSR count). The van der Waals surface area contributed by atoms with Crippen LogP contribution >= 0.6 is 11.6 Å². The fraction of sp³-hybridized carbons (Fsp3) is 0.385. The molecule has 1 aromatic carbocycles. The summed E-state index contributed by atoms with van der Waals surface area (Å²) in [6.07, 6.45) is 0. The number of benzene rings is 1. The highest BCUT2D eigenvalue weighted by Crippen LogP contribution is 2.27. The summed E-state index contributed by atoms with van der Waals surface area (Å²) in [5.74, 6) is 1.60. The van der Waals surface area contributed by atoms with Gasteiger partial charge in [0, 0.05) is 11.1 Å². The van der Waals surface area contributed by atoms with E-state index in [1.807, 2.05) is 20.8 Å². The number of halogens is 1. The molecule has 0 fully saturated rings. The molecule has 102 valence electrons. The maximum Gasteiger partial charge on any atom is 0.264 e. The fourth-order valence-electron chi connectivity index (χ4n) is 1.39. The summed E-state index contributed by atoms with van der Waals surface area (Å²) in [6, 6.07) is 5.06. The standard InChI is InChI=1S/C13H16ClN3O2/c1-13(2,3)12-16-11(19-17-12)7-18-10-5-4-8(15)6-9(10)14/h4-6H,7,15H2,1-3H3. The molecule has 0 radical (unpaired) electrons. The molecule has 0 aliphatic carbocycles. The van der Waals surface area contributed by atoms with Gasteiger partial charge in [0.2, 0.25) is 0 Å². The number of ether oxygens (including phenoxy) is 1. The van der Waals surface area contributed by atoms with Crippen molar-refractivity contribution in [3.05, 3.63) is 34.9 Å². The van der Waals surface area contributed by atoms with Crippen molar-refractivity contribution in [2.45, 2.75) is 32.8 Å². The fourth-order valence-corrected chi connectivity index (χ4v) is 1.64. The van der Waals surface area contributed by atoms with Crippen LogP contribution < -0.4 is 10.5 Å². The molecule has 5 nitrogen and oxygen atoms in total. The number of rotatable bonds is 3. The van der Waals surface area contributed by atoms with E-state index < -0.39 is 0 Å². The smallest absolute Gasteiger partial charge is 0.264 e. The molecule has 1 aromatic heterocycles. The quantitative estimate of drug-likeness (QED) is 0.875. The Morgan fingerprint density at radius 3 is 2.68 bits per heavy atom. The normalized spacial score (nSPS) is 11.6. The van der Waals surface area contributed by atoms with Crippen LogP contribution in [0.5, 0.6) is 5.75 Å². The molecule has 0 aliphatic heterocycles. The summed E-state index contributed by atoms with van der Waals surface area (Å²) in [4.78, 5) is 4.27. The predicted molar refractivity (Wildman–Crippen MR) is 73.2 cm³/mol. The van der Waals surface area contributed by atoms with Crippen LogP contribution in [0.15, 0.2) is 22.7 Å². The highest BCUT2D eigenvalue weighted by Gasteiger charge is 2.21. The lowest BCUT2D eigenvalue weighted by Crippen LogP contribution is -2.13. The van der Waals surface area contributed by atoms with Crippen LogP contribution in [0.4, 0.5) is 5.69 Å². The Bertz CT molecular complexity index is 576. The Kier molecular flexibility index (Phi) is 3.66. The summed E-state index contributed by atoms with van der Waals surface area (Å²) >= 11 is 6.00. The minimum absolute atomic E-state index is 0.152. The van der Waals surface area contributed by atoms with Gasteiger partial charge in [-0.15, -0.1) is 0 Å². The van der Waals surface area contributed by atoms with Gasteiger partial charge in [0.05, 0.1) is 5.02 Å². The molecule has 0 bridgehead atoms. The Hall–Kier alpha value is -1.75. The maximum absolute atomic E-state index is 6.00. The van der Waals surface area contributed by atoms with Crippen LogP contribution in [0.25, 0.3) is 0 Å². The average molecular weight is 282 g/mol. The van der Waals surface area contributed by atoms with E-state index in [2.05, 4.69) is 10.1 Å². The van der Waals surface area contributed by atoms with Crippen LogP contribution in [0.3, 0.4) is 0 Å². The minimum atomic E-state index is -0.152. The van der Waals surface area contributed by atoms with E-state index >= 15 is 0 Å². The van der Waals surface area contributed by atoms with Crippen molar-refractivity contribution in [2.24, 2.45) is 0 Å². The zero-order chi connectivity index (χ0) is 14.0. The first-order valence-electron chi connectivity index (χ1n) is 5.87. The molecule has 6 heteroatoms. The van der Waals surface area contributed by atoms with Gasteiger partial charge >= 0.3 is 0 Å². The molecule has 2 N–H and O–H groups in total. The van der Waals surface area contributed by atoms with Crippen LogP contribution in [-0.4, -0.2) is 10.1 Å². The molecule has 0 saturated carbocycles. The summed E-state index contributed by atoms with van der Waals surface area (Å²) in [7, 11) is 0. The Balaban J connectivity index is 2.04. The molecule has 0 spiro atoms. The van der Waals surface area contributed by atoms with E-state index in [-0.39, 0.29) is 12.0 Å². The van der Waals surface area contributed by atoms with E-state index in [4.69, 9.17) is 26.6 Å². The van der Waals surface area contributed by atoms with Gasteiger partial charge in [0.25, 0.3) is 5.89 Å². The molecule has 0 aliphatic rings. The predicted octanol–water partition coefficient (Wildman–Crippen LogP) is 3.18. The summed E-state index contributed by atoms with van der Waals surface area (Å²) in [5, 5.41) is 4.37. The van der Waals surface area contributed by atoms with Gasteiger partial charge in [-0.2, -0.15) is 4.98 Å². The maximum atomic E-state index is 6.00. The molecule has 0 amide bonds. The second kappa shape index (κ2) is 5.09. The topological polar surface area (TPSA) is 74.2 Å². The minimum Gasteiger partial charge on any atom is -0.482 e. The zero-order valence-electron chi connectivity index (χ0n) is 11.1. The molecule has 0 atom stereocenters. The number of aromatic nitrogens is 2. The first-order chi connectivity index (χ1) is 8.86. The van der Waals surface area contributed by atoms with Crippen LogP contribution in [0, 0.1) is 0 Å². The number of hydrogen-bond acceptors (Lipinski definition) is 5. The van der Waals surface area contributed by atoms with Crippen LogP contribution in [0.2, 0.25) is 5.02 Å². The zero-order valence-corrected chi connectivity index (χ0v) is 11.9. The first kappa shape index (κ1) is 13.7. The van der Waals surface area contributed by atoms with Crippen molar-refractivity contribution in [1.29, 1.82) is 0 Å². The third-order valence-corrected chi connectivity index (χ3v) is 2.74. The summed E-state index contributed by atoms with van der Waals surface area (Å²) in [6.45, 7) is 6.21. The Morgan fingerprint density at radius 1 is 1.37 bits per heavy atom. The molecule has 0 unspecified atom stereocenters. The third-order valence-electron chi connectivity index (χ3n) is 2.45. The Labute approximate surface area is 116 Å². The lowest BCUT2D eigenvalue weighted by atomic mass is 9.96. The largest absolute Gasteiger partial charge is 0.482 e. The number of nitrogens with zero attached hydrogens (tertiary/aromatic N) is 2. The van der Waals surface area contributed by atoms with Crippen molar-refractivity contribution in [3.8, 4) is 5.75 Å². The molecule has 0 saturated heterocycles. The van der Waals surface area contributed by atoms with Crippen LogP contribution in [-0.2, 0) is 12.0 Å². The average Bonchev–Trinajstić information content (AvgIpc) is 2.76. The number of nitrogens with two attached hydrogens (primary N) is 1. The molecule has 1 heterocycles. The Morgan fingerprint density at radius 2 is 2.11 bits per heavy atom. The van der Waals surface area contributed by atoms with Crippen molar-refractivity contribution >= 4 is 17.3 Å². The van der Waals surface area contributed by atoms with Gasteiger partial charge in [-0.3, -0.25) is 0 Å². The highest BCUT2D eigenvalue weighted by molar-refractivity contribution is 6.32. The third kappa shape index (κ3) is 3.38. The lowest BCUT2D eigenvalue weighted by molar-refractivity contribution is 0.242. The van der Waals surface area contributed by atoms with E-state index in [1.165, 1.54) is 0 Å². The van der Waals surface area contributed by atoms with Gasteiger partial charge < -0.3 is 15.0 Å². The number of hydrogen-bond donors (Lipinski definition) is 1. The molecular formula is C13H16ClN3O2.